The number of imidazole rings is 1. The molecule has 0 atom stereocenters. The highest BCUT2D eigenvalue weighted by molar-refractivity contribution is 5.74. The first-order chi connectivity index (χ1) is 4.83. The minimum atomic E-state index is 0.893. The summed E-state index contributed by atoms with van der Waals surface area (Å²) in [5, 5.41) is 6.71. The number of H-pyrrole nitrogens is 1. The lowest BCUT2D eigenvalue weighted by Crippen LogP contribution is -1.72. The van der Waals surface area contributed by atoms with Crippen LogP contribution in [0.4, 0.5) is 0 Å². The van der Waals surface area contributed by atoms with Crippen LogP contribution in [0, 0.1) is 12.3 Å². The van der Waals surface area contributed by atoms with Crippen LogP contribution in [0.1, 0.15) is 11.5 Å². The summed E-state index contributed by atoms with van der Waals surface area (Å²) in [6, 6.07) is 0. The van der Waals surface area contributed by atoms with Crippen LogP contribution in [0.25, 0.3) is 6.08 Å². The van der Waals surface area contributed by atoms with Crippen molar-refractivity contribution < 1.29 is 0 Å². The zero-order valence-corrected chi connectivity index (χ0v) is 5.76. The normalized spacial score (nSPS) is 10.5. The predicted octanol–water partition coefficient (Wildman–Crippen LogP) is 1.38. The molecule has 0 spiro atoms. The van der Waals surface area contributed by atoms with Gasteiger partial charge in [-0.15, -0.1) is 0 Å². The molecule has 10 heavy (non-hydrogen) atoms. The Balaban J connectivity index is 2.75. The number of hydrogen-bond acceptors (Lipinski definition) is 2. The Morgan fingerprint density at radius 3 is 3.00 bits per heavy atom. The number of allylic oxidation sites excluding steroid dienone is 1. The van der Waals surface area contributed by atoms with Crippen LogP contribution in [0.2, 0.25) is 0 Å². The number of nitrogens with zero attached hydrogens (tertiary/aromatic N) is 1. The van der Waals surface area contributed by atoms with E-state index in [1.807, 2.05) is 6.92 Å². The van der Waals surface area contributed by atoms with Gasteiger partial charge in [-0.3, -0.25) is 0 Å². The highest BCUT2D eigenvalue weighted by Gasteiger charge is 1.87. The van der Waals surface area contributed by atoms with E-state index in [1.54, 1.807) is 18.3 Å². The molecule has 52 valence electrons. The molecule has 2 N–H and O–H groups in total. The number of aromatic amines is 1. The number of nitrogens with one attached hydrogen (secondary N) is 2. The molecule has 1 aromatic heterocycles. The van der Waals surface area contributed by atoms with Crippen molar-refractivity contribution in [1.82, 2.24) is 9.97 Å². The van der Waals surface area contributed by atoms with E-state index in [1.165, 1.54) is 6.21 Å². The average molecular weight is 135 g/mol. The van der Waals surface area contributed by atoms with Crippen LogP contribution in [0.3, 0.4) is 0 Å². The van der Waals surface area contributed by atoms with Crippen molar-refractivity contribution in [3.63, 3.8) is 0 Å². The smallest absolute Gasteiger partial charge is 0.103 e. The van der Waals surface area contributed by atoms with Gasteiger partial charge in [-0.1, -0.05) is 0 Å². The third kappa shape index (κ3) is 1.55. The number of aryl methyl sites for hydroxylation is 1. The Labute approximate surface area is 59.3 Å². The van der Waals surface area contributed by atoms with Crippen LogP contribution in [-0.4, -0.2) is 16.2 Å². The summed E-state index contributed by atoms with van der Waals surface area (Å²) in [4.78, 5) is 7.00. The molecule has 0 aliphatic carbocycles. The minimum Gasteiger partial charge on any atom is -0.343 e. The van der Waals surface area contributed by atoms with Crippen molar-refractivity contribution in [2.24, 2.45) is 0 Å². The fourth-order valence-corrected chi connectivity index (χ4v) is 0.676. The highest BCUT2D eigenvalue weighted by atomic mass is 14.9. The predicted molar refractivity (Wildman–Crippen MR) is 41.1 cm³/mol. The average Bonchev–Trinajstić information content (AvgIpc) is 2.31. The Morgan fingerprint density at radius 2 is 2.50 bits per heavy atom. The molecule has 0 amide bonds. The van der Waals surface area contributed by atoms with Gasteiger partial charge >= 0.3 is 0 Å². The molecule has 0 unspecified atom stereocenters. The van der Waals surface area contributed by atoms with Gasteiger partial charge in [0.1, 0.15) is 5.82 Å². The van der Waals surface area contributed by atoms with E-state index in [-0.39, 0.29) is 0 Å². The second-order valence-corrected chi connectivity index (χ2v) is 1.95. The molecule has 1 aromatic rings. The fraction of sp³-hybridized carbons (Fsp3) is 0.143. The van der Waals surface area contributed by atoms with Crippen molar-refractivity contribution in [3.8, 4) is 0 Å². The Bertz CT molecular complexity index is 247. The molecule has 1 heterocycles. The molecule has 0 radical (unpaired) electrons. The van der Waals surface area contributed by atoms with E-state index in [2.05, 4.69) is 9.97 Å². The molecule has 0 aliphatic rings. The lowest BCUT2D eigenvalue weighted by molar-refractivity contribution is 1.15. The monoisotopic (exact) mass is 135 g/mol. The van der Waals surface area contributed by atoms with Crippen LogP contribution < -0.4 is 0 Å². The first kappa shape index (κ1) is 6.74. The minimum absolute atomic E-state index is 0.893. The van der Waals surface area contributed by atoms with E-state index in [0.717, 1.165) is 11.5 Å². The van der Waals surface area contributed by atoms with Crippen molar-refractivity contribution in [2.45, 2.75) is 6.92 Å². The quantitative estimate of drug-likeness (QED) is 0.591. The topological polar surface area (TPSA) is 52.5 Å². The molecule has 3 nitrogen and oxygen atoms in total. The maximum absolute atomic E-state index is 6.71. The van der Waals surface area contributed by atoms with Gasteiger partial charge in [0.2, 0.25) is 0 Å². The molecular weight excluding hydrogens is 126 g/mol. The molecule has 0 saturated carbocycles. The zero-order chi connectivity index (χ0) is 7.40. The maximum Gasteiger partial charge on any atom is 0.103 e. The number of rotatable bonds is 2. The van der Waals surface area contributed by atoms with Crippen molar-refractivity contribution >= 4 is 12.3 Å². The van der Waals surface area contributed by atoms with E-state index in [9.17, 15) is 0 Å². The summed E-state index contributed by atoms with van der Waals surface area (Å²) in [5.41, 5.74) is 0.931. The largest absolute Gasteiger partial charge is 0.343 e. The van der Waals surface area contributed by atoms with E-state index in [0.29, 0.717) is 0 Å². The third-order valence-corrected chi connectivity index (χ3v) is 1.09. The van der Waals surface area contributed by atoms with E-state index >= 15 is 0 Å². The van der Waals surface area contributed by atoms with Crippen LogP contribution in [0.15, 0.2) is 12.3 Å². The van der Waals surface area contributed by atoms with Gasteiger partial charge in [0.05, 0.1) is 11.9 Å². The Morgan fingerprint density at radius 1 is 1.70 bits per heavy atom. The number of hydrogen-bond donors (Lipinski definition) is 2. The molecule has 0 bridgehead atoms. The zero-order valence-electron chi connectivity index (χ0n) is 5.76. The summed E-state index contributed by atoms with van der Waals surface area (Å²) in [5.74, 6) is 0.893. The molecule has 3 heteroatoms. The van der Waals surface area contributed by atoms with E-state index < -0.39 is 0 Å². The van der Waals surface area contributed by atoms with Crippen LogP contribution in [0.5, 0.6) is 0 Å². The molecule has 0 saturated heterocycles. The summed E-state index contributed by atoms with van der Waals surface area (Å²) < 4.78 is 0. The SMILES string of the molecule is Cc1ncc(/C=C\C=N)[nH]1. The lowest BCUT2D eigenvalue weighted by atomic mass is 10.4. The summed E-state index contributed by atoms with van der Waals surface area (Å²) >= 11 is 0. The second-order valence-electron chi connectivity index (χ2n) is 1.95. The van der Waals surface area contributed by atoms with Crippen molar-refractivity contribution in [1.29, 1.82) is 5.41 Å². The third-order valence-electron chi connectivity index (χ3n) is 1.09. The molecular formula is C7H9N3. The van der Waals surface area contributed by atoms with Crippen LogP contribution >= 0.6 is 0 Å². The van der Waals surface area contributed by atoms with Crippen LogP contribution in [-0.2, 0) is 0 Å². The fourth-order valence-electron chi connectivity index (χ4n) is 0.676. The highest BCUT2D eigenvalue weighted by Crippen LogP contribution is 1.96. The van der Waals surface area contributed by atoms with Gasteiger partial charge in [0.15, 0.2) is 0 Å². The molecule has 1 rings (SSSR count). The maximum atomic E-state index is 6.71. The summed E-state index contributed by atoms with van der Waals surface area (Å²) in [6.07, 6.45) is 6.41. The van der Waals surface area contributed by atoms with Gasteiger partial charge in [0, 0.05) is 6.21 Å². The van der Waals surface area contributed by atoms with Crippen molar-refractivity contribution in [3.05, 3.63) is 23.8 Å². The standard InChI is InChI=1S/C7H9N3/c1-6-9-5-7(10-6)3-2-4-8/h2-5,8H,1H3,(H,9,10)/b3-2-,8-4?. The molecule has 0 aromatic carbocycles. The summed E-state index contributed by atoms with van der Waals surface area (Å²) in [6.45, 7) is 1.89. The Hall–Kier alpha value is -1.38. The van der Waals surface area contributed by atoms with Gasteiger partial charge < -0.3 is 10.4 Å². The summed E-state index contributed by atoms with van der Waals surface area (Å²) in [7, 11) is 0. The second kappa shape index (κ2) is 2.96. The first-order valence-corrected chi connectivity index (χ1v) is 3.01. The van der Waals surface area contributed by atoms with Gasteiger partial charge in [-0.05, 0) is 19.1 Å². The van der Waals surface area contributed by atoms with Gasteiger partial charge in [-0.2, -0.15) is 0 Å². The molecule has 0 aliphatic heterocycles. The Kier molecular flexibility index (Phi) is 1.99. The van der Waals surface area contributed by atoms with Gasteiger partial charge in [-0.25, -0.2) is 4.98 Å². The number of aromatic nitrogens is 2. The van der Waals surface area contributed by atoms with Crippen molar-refractivity contribution in [2.75, 3.05) is 0 Å². The first-order valence-electron chi connectivity index (χ1n) is 3.01. The lowest BCUT2D eigenvalue weighted by Gasteiger charge is -1.79. The van der Waals surface area contributed by atoms with Gasteiger partial charge in [0.25, 0.3) is 0 Å². The molecule has 0 fully saturated rings. The van der Waals surface area contributed by atoms with E-state index in [4.69, 9.17) is 5.41 Å².